The highest BCUT2D eigenvalue weighted by Crippen LogP contribution is 2.33. The van der Waals surface area contributed by atoms with E-state index in [0.717, 1.165) is 24.8 Å². The number of aryl methyl sites for hydroxylation is 1. The maximum atomic E-state index is 13.0. The molecular weight excluding hydrogens is 241 g/mol. The lowest BCUT2D eigenvalue weighted by atomic mass is 10.1. The minimum absolute atomic E-state index is 0.405. The molecule has 0 spiro atoms. The Kier molecular flexibility index (Phi) is 3.80. The molecule has 2 nitrogen and oxygen atoms in total. The number of benzene rings is 1. The Labute approximate surface area is 105 Å². The monoisotopic (exact) mass is 258 g/mol. The molecule has 0 saturated carbocycles. The van der Waals surface area contributed by atoms with Gasteiger partial charge in [0.2, 0.25) is 0 Å². The lowest BCUT2D eigenvalue weighted by molar-refractivity contribution is -0.146. The Balaban J connectivity index is 2.38. The van der Waals surface area contributed by atoms with Gasteiger partial charge in [-0.1, -0.05) is 18.2 Å². The largest absolute Gasteiger partial charge is 0.409 e. The van der Waals surface area contributed by atoms with Crippen molar-refractivity contribution in [2.75, 3.05) is 18.0 Å². The molecule has 5 heteroatoms. The average Bonchev–Trinajstić information content (AvgIpc) is 2.51. The van der Waals surface area contributed by atoms with Crippen LogP contribution >= 0.6 is 0 Å². The van der Waals surface area contributed by atoms with Crippen molar-refractivity contribution in [3.05, 3.63) is 29.8 Å². The highest BCUT2D eigenvalue weighted by molar-refractivity contribution is 5.55. The molecule has 1 aliphatic heterocycles. The number of hydrogen-bond acceptors (Lipinski definition) is 2. The molecule has 1 atom stereocenters. The number of anilines is 1. The summed E-state index contributed by atoms with van der Waals surface area (Å²) in [5, 5.41) is 0. The summed E-state index contributed by atoms with van der Waals surface area (Å²) in [6, 6.07) is 5.72. The third-order valence-electron chi connectivity index (χ3n) is 3.37. The molecule has 1 aromatic rings. The lowest BCUT2D eigenvalue weighted by Crippen LogP contribution is -2.51. The fourth-order valence-electron chi connectivity index (χ4n) is 2.48. The van der Waals surface area contributed by atoms with E-state index in [0.29, 0.717) is 12.2 Å². The van der Waals surface area contributed by atoms with E-state index >= 15 is 0 Å². The number of rotatable bonds is 2. The van der Waals surface area contributed by atoms with E-state index in [9.17, 15) is 13.2 Å². The van der Waals surface area contributed by atoms with Crippen LogP contribution in [0.25, 0.3) is 0 Å². The first-order valence-electron chi connectivity index (χ1n) is 6.15. The molecule has 0 radical (unpaired) electrons. The Morgan fingerprint density at radius 3 is 2.61 bits per heavy atom. The molecule has 0 amide bonds. The molecular formula is C13H17F3N2. The van der Waals surface area contributed by atoms with Crippen molar-refractivity contribution in [1.82, 2.24) is 0 Å². The SMILES string of the molecule is NCC(N1CCCCc2ccccc21)C(F)(F)F. The minimum Gasteiger partial charge on any atom is -0.359 e. The van der Waals surface area contributed by atoms with E-state index in [4.69, 9.17) is 5.73 Å². The molecule has 0 aliphatic carbocycles. The van der Waals surface area contributed by atoms with Gasteiger partial charge in [0.1, 0.15) is 6.04 Å². The van der Waals surface area contributed by atoms with Crippen LogP contribution in [0.4, 0.5) is 18.9 Å². The van der Waals surface area contributed by atoms with E-state index in [2.05, 4.69) is 0 Å². The van der Waals surface area contributed by atoms with E-state index in [1.807, 2.05) is 12.1 Å². The molecule has 1 unspecified atom stereocenters. The van der Waals surface area contributed by atoms with Crippen LogP contribution in [0.2, 0.25) is 0 Å². The second-order valence-electron chi connectivity index (χ2n) is 4.57. The van der Waals surface area contributed by atoms with Crippen molar-refractivity contribution < 1.29 is 13.2 Å². The van der Waals surface area contributed by atoms with Gasteiger partial charge in [-0.25, -0.2) is 0 Å². The van der Waals surface area contributed by atoms with Crippen molar-refractivity contribution >= 4 is 5.69 Å². The zero-order chi connectivity index (χ0) is 13.2. The van der Waals surface area contributed by atoms with Crippen molar-refractivity contribution in [1.29, 1.82) is 0 Å². The zero-order valence-electron chi connectivity index (χ0n) is 10.1. The summed E-state index contributed by atoms with van der Waals surface area (Å²) in [6.45, 7) is 0.0101. The lowest BCUT2D eigenvalue weighted by Gasteiger charge is -2.34. The van der Waals surface area contributed by atoms with Crippen LogP contribution in [0.5, 0.6) is 0 Å². The maximum Gasteiger partial charge on any atom is 0.409 e. The summed E-state index contributed by atoms with van der Waals surface area (Å²) < 4.78 is 39.0. The Bertz CT molecular complexity index is 403. The number of para-hydroxylation sites is 1. The first-order valence-corrected chi connectivity index (χ1v) is 6.15. The minimum atomic E-state index is -4.29. The Morgan fingerprint density at radius 2 is 1.94 bits per heavy atom. The van der Waals surface area contributed by atoms with Gasteiger partial charge in [-0.05, 0) is 30.9 Å². The number of nitrogens with zero attached hydrogens (tertiary/aromatic N) is 1. The molecule has 18 heavy (non-hydrogen) atoms. The van der Waals surface area contributed by atoms with Gasteiger partial charge in [0.05, 0.1) is 0 Å². The van der Waals surface area contributed by atoms with Crippen LogP contribution in [0, 0.1) is 0 Å². The van der Waals surface area contributed by atoms with Crippen LogP contribution in [0.15, 0.2) is 24.3 Å². The third kappa shape index (κ3) is 2.61. The summed E-state index contributed by atoms with van der Waals surface area (Å²) in [7, 11) is 0. The van der Waals surface area contributed by atoms with E-state index in [1.54, 1.807) is 12.1 Å². The fourth-order valence-corrected chi connectivity index (χ4v) is 2.48. The molecule has 1 aromatic carbocycles. The van der Waals surface area contributed by atoms with Crippen LogP contribution in [-0.4, -0.2) is 25.3 Å². The van der Waals surface area contributed by atoms with Crippen molar-refractivity contribution in [3.8, 4) is 0 Å². The normalized spacial score (nSPS) is 18.1. The van der Waals surface area contributed by atoms with Crippen molar-refractivity contribution in [2.45, 2.75) is 31.5 Å². The van der Waals surface area contributed by atoms with Gasteiger partial charge < -0.3 is 10.6 Å². The predicted octanol–water partition coefficient (Wildman–Crippen LogP) is 2.72. The number of nitrogens with two attached hydrogens (primary N) is 1. The quantitative estimate of drug-likeness (QED) is 0.883. The van der Waals surface area contributed by atoms with Gasteiger partial charge in [0, 0.05) is 18.8 Å². The van der Waals surface area contributed by atoms with Gasteiger partial charge in [-0.2, -0.15) is 13.2 Å². The molecule has 0 bridgehead atoms. The van der Waals surface area contributed by atoms with Gasteiger partial charge in [0.25, 0.3) is 0 Å². The van der Waals surface area contributed by atoms with Crippen LogP contribution in [0.1, 0.15) is 18.4 Å². The molecule has 100 valence electrons. The summed E-state index contributed by atoms with van der Waals surface area (Å²) in [5.74, 6) is 0. The first-order chi connectivity index (χ1) is 8.54. The average molecular weight is 258 g/mol. The molecule has 2 N–H and O–H groups in total. The van der Waals surface area contributed by atoms with Crippen molar-refractivity contribution in [3.63, 3.8) is 0 Å². The van der Waals surface area contributed by atoms with E-state index in [-0.39, 0.29) is 0 Å². The third-order valence-corrected chi connectivity index (χ3v) is 3.37. The zero-order valence-corrected chi connectivity index (χ0v) is 10.1. The maximum absolute atomic E-state index is 13.0. The molecule has 0 fully saturated rings. The summed E-state index contributed by atoms with van der Waals surface area (Å²) >= 11 is 0. The number of halogens is 3. The van der Waals surface area contributed by atoms with Crippen LogP contribution in [0.3, 0.4) is 0 Å². The molecule has 2 rings (SSSR count). The molecule has 1 aliphatic rings. The van der Waals surface area contributed by atoms with Gasteiger partial charge in [-0.3, -0.25) is 0 Å². The summed E-state index contributed by atoms with van der Waals surface area (Å²) in [6.07, 6.45) is -1.77. The highest BCUT2D eigenvalue weighted by Gasteiger charge is 2.43. The summed E-state index contributed by atoms with van der Waals surface area (Å²) in [4.78, 5) is 1.42. The first kappa shape index (κ1) is 13.2. The summed E-state index contributed by atoms with van der Waals surface area (Å²) in [5.41, 5.74) is 7.00. The second kappa shape index (κ2) is 5.18. The molecule has 0 saturated heterocycles. The smallest absolute Gasteiger partial charge is 0.359 e. The Morgan fingerprint density at radius 1 is 1.22 bits per heavy atom. The standard InChI is InChI=1S/C13H17F3N2/c14-13(15,16)12(9-17)18-8-4-3-6-10-5-1-2-7-11(10)18/h1-2,5,7,12H,3-4,6,8-9,17H2. The van der Waals surface area contributed by atoms with E-state index in [1.165, 1.54) is 4.90 Å². The van der Waals surface area contributed by atoms with Gasteiger partial charge in [-0.15, -0.1) is 0 Å². The second-order valence-corrected chi connectivity index (χ2v) is 4.57. The van der Waals surface area contributed by atoms with Gasteiger partial charge >= 0.3 is 6.18 Å². The number of hydrogen-bond donors (Lipinski definition) is 1. The Hall–Kier alpha value is -1.23. The topological polar surface area (TPSA) is 29.3 Å². The fraction of sp³-hybridized carbons (Fsp3) is 0.538. The number of alkyl halides is 3. The van der Waals surface area contributed by atoms with Gasteiger partial charge in [0.15, 0.2) is 0 Å². The molecule has 1 heterocycles. The van der Waals surface area contributed by atoms with Crippen molar-refractivity contribution in [2.24, 2.45) is 5.73 Å². The molecule has 0 aromatic heterocycles. The van der Waals surface area contributed by atoms with E-state index < -0.39 is 18.8 Å². The highest BCUT2D eigenvalue weighted by atomic mass is 19.4. The van der Waals surface area contributed by atoms with Crippen LogP contribution < -0.4 is 10.6 Å². The predicted molar refractivity (Wildman–Crippen MR) is 65.6 cm³/mol. The number of fused-ring (bicyclic) bond motifs is 1. The van der Waals surface area contributed by atoms with Crippen LogP contribution in [-0.2, 0) is 6.42 Å².